The number of carbonyl (C=O) groups excluding carboxylic acids is 1. The van der Waals surface area contributed by atoms with Crippen molar-refractivity contribution in [3.8, 4) is 11.5 Å². The van der Waals surface area contributed by atoms with Crippen LogP contribution in [0.15, 0.2) is 24.3 Å². The van der Waals surface area contributed by atoms with E-state index in [1.807, 2.05) is 0 Å². The predicted octanol–water partition coefficient (Wildman–Crippen LogP) is 0.596. The van der Waals surface area contributed by atoms with Crippen molar-refractivity contribution in [1.29, 1.82) is 0 Å². The Balaban J connectivity index is 2.96. The fraction of sp³-hybridized carbons (Fsp3) is 0. The second-order valence-electron chi connectivity index (χ2n) is 2.48. The zero-order valence-corrected chi connectivity index (χ0v) is 6.77. The van der Waals surface area contributed by atoms with E-state index in [0.717, 1.165) is 6.08 Å². The standard InChI is InChI=1S/C9H9NO3/c10-9(13)4-2-6-1-3-7(11)5-8(6)12/h1-5,11-12H,(H2,10,13)/b4-2+. The molecular formula is C9H9NO3. The summed E-state index contributed by atoms with van der Waals surface area (Å²) in [5, 5.41) is 18.2. The van der Waals surface area contributed by atoms with Gasteiger partial charge in [0.05, 0.1) is 0 Å². The summed E-state index contributed by atoms with van der Waals surface area (Å²) >= 11 is 0. The fourth-order valence-corrected chi connectivity index (χ4v) is 0.845. The second kappa shape index (κ2) is 3.62. The van der Waals surface area contributed by atoms with Gasteiger partial charge in [-0.15, -0.1) is 0 Å². The van der Waals surface area contributed by atoms with E-state index in [1.54, 1.807) is 0 Å². The Morgan fingerprint density at radius 2 is 2.08 bits per heavy atom. The van der Waals surface area contributed by atoms with Crippen molar-refractivity contribution in [3.05, 3.63) is 29.8 Å². The van der Waals surface area contributed by atoms with Gasteiger partial charge in [0.15, 0.2) is 0 Å². The molecule has 13 heavy (non-hydrogen) atoms. The monoisotopic (exact) mass is 179 g/mol. The lowest BCUT2D eigenvalue weighted by Crippen LogP contribution is -2.05. The first kappa shape index (κ1) is 9.12. The van der Waals surface area contributed by atoms with Gasteiger partial charge in [0.1, 0.15) is 11.5 Å². The van der Waals surface area contributed by atoms with Crippen LogP contribution in [0.1, 0.15) is 5.56 Å². The van der Waals surface area contributed by atoms with Crippen LogP contribution in [0.25, 0.3) is 6.08 Å². The fourth-order valence-electron chi connectivity index (χ4n) is 0.845. The highest BCUT2D eigenvalue weighted by molar-refractivity contribution is 5.90. The van der Waals surface area contributed by atoms with E-state index in [9.17, 15) is 9.90 Å². The molecule has 0 aliphatic carbocycles. The number of phenolic OH excluding ortho intramolecular Hbond substituents is 2. The number of nitrogens with two attached hydrogens (primary N) is 1. The summed E-state index contributed by atoms with van der Waals surface area (Å²) < 4.78 is 0. The summed E-state index contributed by atoms with van der Waals surface area (Å²) in [4.78, 5) is 10.4. The van der Waals surface area contributed by atoms with E-state index in [1.165, 1.54) is 24.3 Å². The van der Waals surface area contributed by atoms with Crippen LogP contribution >= 0.6 is 0 Å². The van der Waals surface area contributed by atoms with E-state index in [4.69, 9.17) is 10.8 Å². The van der Waals surface area contributed by atoms with Crippen molar-refractivity contribution in [3.63, 3.8) is 0 Å². The van der Waals surface area contributed by atoms with Crippen LogP contribution in [-0.2, 0) is 4.79 Å². The number of aromatic hydroxyl groups is 2. The SMILES string of the molecule is NC(=O)/C=C/c1ccc(O)cc1O. The number of rotatable bonds is 2. The first-order valence-corrected chi connectivity index (χ1v) is 3.59. The highest BCUT2D eigenvalue weighted by atomic mass is 16.3. The lowest BCUT2D eigenvalue weighted by Gasteiger charge is -1.98. The first-order chi connectivity index (χ1) is 6.09. The average molecular weight is 179 g/mol. The predicted molar refractivity (Wildman–Crippen MR) is 48.0 cm³/mol. The normalized spacial score (nSPS) is 10.5. The summed E-state index contributed by atoms with van der Waals surface area (Å²) in [6.45, 7) is 0. The Morgan fingerprint density at radius 3 is 2.62 bits per heavy atom. The molecule has 68 valence electrons. The first-order valence-electron chi connectivity index (χ1n) is 3.59. The molecule has 0 bridgehead atoms. The van der Waals surface area contributed by atoms with Crippen molar-refractivity contribution in [1.82, 2.24) is 0 Å². The molecule has 4 heteroatoms. The van der Waals surface area contributed by atoms with Crippen LogP contribution in [0.5, 0.6) is 11.5 Å². The molecular weight excluding hydrogens is 170 g/mol. The van der Waals surface area contributed by atoms with E-state index in [-0.39, 0.29) is 11.5 Å². The number of carbonyl (C=O) groups is 1. The zero-order chi connectivity index (χ0) is 9.84. The zero-order valence-electron chi connectivity index (χ0n) is 6.77. The Hall–Kier alpha value is -1.97. The number of hydrogen-bond donors (Lipinski definition) is 3. The molecule has 1 aromatic rings. The molecule has 4 N–H and O–H groups in total. The van der Waals surface area contributed by atoms with E-state index in [2.05, 4.69) is 0 Å². The lowest BCUT2D eigenvalue weighted by molar-refractivity contribution is -0.113. The Bertz CT molecular complexity index is 358. The molecule has 0 aliphatic heterocycles. The molecule has 1 amide bonds. The maximum absolute atomic E-state index is 10.4. The van der Waals surface area contributed by atoms with Gasteiger partial charge in [0.2, 0.25) is 5.91 Å². The highest BCUT2D eigenvalue weighted by Gasteiger charge is 1.98. The summed E-state index contributed by atoms with van der Waals surface area (Å²) in [6.07, 6.45) is 2.50. The molecule has 0 saturated heterocycles. The molecule has 0 fully saturated rings. The topological polar surface area (TPSA) is 83.6 Å². The van der Waals surface area contributed by atoms with Crippen LogP contribution in [0.2, 0.25) is 0 Å². The minimum atomic E-state index is -0.590. The van der Waals surface area contributed by atoms with Crippen LogP contribution in [0.4, 0.5) is 0 Å². The minimum absolute atomic E-state index is 0.0336. The van der Waals surface area contributed by atoms with E-state index >= 15 is 0 Å². The second-order valence-corrected chi connectivity index (χ2v) is 2.48. The smallest absolute Gasteiger partial charge is 0.241 e. The van der Waals surface area contributed by atoms with Gasteiger partial charge in [0, 0.05) is 17.7 Å². The summed E-state index contributed by atoms with van der Waals surface area (Å²) in [5.74, 6) is -0.723. The number of phenols is 2. The lowest BCUT2D eigenvalue weighted by atomic mass is 10.2. The molecule has 4 nitrogen and oxygen atoms in total. The minimum Gasteiger partial charge on any atom is -0.508 e. The molecule has 0 aromatic heterocycles. The van der Waals surface area contributed by atoms with Gasteiger partial charge in [-0.25, -0.2) is 0 Å². The number of hydrogen-bond acceptors (Lipinski definition) is 3. The van der Waals surface area contributed by atoms with Gasteiger partial charge in [-0.2, -0.15) is 0 Å². The molecule has 1 rings (SSSR count). The third-order valence-electron chi connectivity index (χ3n) is 1.44. The van der Waals surface area contributed by atoms with E-state index < -0.39 is 5.91 Å². The van der Waals surface area contributed by atoms with Crippen LogP contribution in [0, 0.1) is 0 Å². The maximum Gasteiger partial charge on any atom is 0.241 e. The van der Waals surface area contributed by atoms with Crippen LogP contribution in [0.3, 0.4) is 0 Å². The molecule has 0 heterocycles. The third-order valence-corrected chi connectivity index (χ3v) is 1.44. The number of benzene rings is 1. The Morgan fingerprint density at radius 1 is 1.38 bits per heavy atom. The highest BCUT2D eigenvalue weighted by Crippen LogP contribution is 2.23. The molecule has 1 aromatic carbocycles. The number of amides is 1. The Labute approximate surface area is 74.9 Å². The largest absolute Gasteiger partial charge is 0.508 e. The molecule has 0 unspecified atom stereocenters. The molecule has 0 radical (unpaired) electrons. The van der Waals surface area contributed by atoms with Crippen LogP contribution in [-0.4, -0.2) is 16.1 Å². The third kappa shape index (κ3) is 2.52. The van der Waals surface area contributed by atoms with Gasteiger partial charge >= 0.3 is 0 Å². The quantitative estimate of drug-likeness (QED) is 0.581. The average Bonchev–Trinajstić information content (AvgIpc) is 2.02. The van der Waals surface area contributed by atoms with Crippen LogP contribution < -0.4 is 5.73 Å². The summed E-state index contributed by atoms with van der Waals surface area (Å²) in [5.41, 5.74) is 5.29. The van der Waals surface area contributed by atoms with Crippen molar-refractivity contribution in [2.24, 2.45) is 5.73 Å². The van der Waals surface area contributed by atoms with Gasteiger partial charge in [0.25, 0.3) is 0 Å². The number of primary amides is 1. The van der Waals surface area contributed by atoms with Crippen molar-refractivity contribution in [2.75, 3.05) is 0 Å². The van der Waals surface area contributed by atoms with Gasteiger partial charge in [-0.05, 0) is 18.2 Å². The summed E-state index contributed by atoms with van der Waals surface area (Å²) in [6, 6.07) is 4.06. The van der Waals surface area contributed by atoms with Crippen molar-refractivity contribution in [2.45, 2.75) is 0 Å². The molecule has 0 atom stereocenters. The maximum atomic E-state index is 10.4. The van der Waals surface area contributed by atoms with Gasteiger partial charge in [-0.1, -0.05) is 0 Å². The summed E-state index contributed by atoms with van der Waals surface area (Å²) in [7, 11) is 0. The molecule has 0 aliphatic rings. The van der Waals surface area contributed by atoms with Gasteiger partial charge < -0.3 is 15.9 Å². The Kier molecular flexibility index (Phi) is 2.54. The van der Waals surface area contributed by atoms with Gasteiger partial charge in [-0.3, -0.25) is 4.79 Å². The van der Waals surface area contributed by atoms with Crippen molar-refractivity contribution >= 4 is 12.0 Å². The molecule has 0 saturated carbocycles. The van der Waals surface area contributed by atoms with Crippen molar-refractivity contribution < 1.29 is 15.0 Å². The molecule has 0 spiro atoms. The van der Waals surface area contributed by atoms with E-state index in [0.29, 0.717) is 5.56 Å².